The summed E-state index contributed by atoms with van der Waals surface area (Å²) in [5, 5.41) is 4.09. The zero-order valence-electron chi connectivity index (χ0n) is 16.3. The van der Waals surface area contributed by atoms with Crippen molar-refractivity contribution in [1.29, 1.82) is 0 Å². The van der Waals surface area contributed by atoms with E-state index in [4.69, 9.17) is 4.52 Å². The number of halogens is 1. The van der Waals surface area contributed by atoms with Crippen LogP contribution < -0.4 is 0 Å². The van der Waals surface area contributed by atoms with Crippen molar-refractivity contribution in [2.75, 3.05) is 13.1 Å². The van der Waals surface area contributed by atoms with Crippen LogP contribution in [0.5, 0.6) is 0 Å². The number of hydrogen-bond acceptors (Lipinski definition) is 5. The summed E-state index contributed by atoms with van der Waals surface area (Å²) in [5.74, 6) is 0.883. The van der Waals surface area contributed by atoms with Crippen molar-refractivity contribution in [2.45, 2.75) is 37.5 Å². The largest absolute Gasteiger partial charge is 0.339 e. The molecule has 0 N–H and O–H groups in total. The Kier molecular flexibility index (Phi) is 5.59. The van der Waals surface area contributed by atoms with Crippen LogP contribution in [0.1, 0.15) is 35.8 Å². The maximum Gasteiger partial charge on any atom is 0.243 e. The molecule has 0 radical (unpaired) electrons. The SMILES string of the molecule is Cc1ccc(S(=O)(=O)N2CCCC(c3nc(-c4cccc(Br)c4)no3)C2)cc1C. The van der Waals surface area contributed by atoms with E-state index in [9.17, 15) is 8.42 Å². The van der Waals surface area contributed by atoms with E-state index in [0.717, 1.165) is 34.0 Å². The van der Waals surface area contributed by atoms with E-state index < -0.39 is 10.0 Å². The molecule has 0 saturated carbocycles. The lowest BCUT2D eigenvalue weighted by Gasteiger charge is -2.30. The molecule has 2 aromatic carbocycles. The average Bonchev–Trinajstić information content (AvgIpc) is 3.20. The van der Waals surface area contributed by atoms with Gasteiger partial charge in [-0.05, 0) is 62.1 Å². The maximum atomic E-state index is 13.1. The molecule has 152 valence electrons. The minimum absolute atomic E-state index is 0.113. The normalized spacial score (nSPS) is 18.1. The molecule has 4 rings (SSSR count). The fourth-order valence-electron chi connectivity index (χ4n) is 3.53. The molecule has 1 aromatic heterocycles. The molecule has 1 atom stereocenters. The van der Waals surface area contributed by atoms with Gasteiger partial charge in [-0.2, -0.15) is 9.29 Å². The molecule has 1 saturated heterocycles. The summed E-state index contributed by atoms with van der Waals surface area (Å²) < 4.78 is 34.3. The van der Waals surface area contributed by atoms with E-state index in [1.54, 1.807) is 12.1 Å². The number of nitrogens with zero attached hydrogens (tertiary/aromatic N) is 3. The summed E-state index contributed by atoms with van der Waals surface area (Å²) in [6.07, 6.45) is 1.57. The lowest BCUT2D eigenvalue weighted by atomic mass is 10.00. The molecule has 0 aliphatic carbocycles. The molecule has 1 aliphatic rings. The van der Waals surface area contributed by atoms with Gasteiger partial charge in [0.25, 0.3) is 0 Å². The standard InChI is InChI=1S/C21H22BrN3O3S/c1-14-8-9-19(11-15(14)2)29(26,27)25-10-4-6-17(13-25)21-23-20(24-28-21)16-5-3-7-18(22)12-16/h3,5,7-9,11-12,17H,4,6,10,13H2,1-2H3. The van der Waals surface area contributed by atoms with Crippen LogP contribution in [-0.2, 0) is 10.0 Å². The third-order valence-corrected chi connectivity index (χ3v) is 7.73. The van der Waals surface area contributed by atoms with Crippen LogP contribution in [0.4, 0.5) is 0 Å². The minimum atomic E-state index is -3.56. The molecule has 6 nitrogen and oxygen atoms in total. The summed E-state index contributed by atoms with van der Waals surface area (Å²) in [6, 6.07) is 13.0. The Labute approximate surface area is 179 Å². The number of sulfonamides is 1. The summed E-state index contributed by atoms with van der Waals surface area (Å²) in [7, 11) is -3.56. The molecule has 0 amide bonds. The van der Waals surface area contributed by atoms with Crippen LogP contribution in [0.3, 0.4) is 0 Å². The van der Waals surface area contributed by atoms with Gasteiger partial charge in [0.2, 0.25) is 21.7 Å². The highest BCUT2D eigenvalue weighted by Gasteiger charge is 2.33. The second kappa shape index (κ2) is 8.01. The Hall–Kier alpha value is -2.03. The third kappa shape index (κ3) is 4.15. The molecular weight excluding hydrogens is 454 g/mol. The van der Waals surface area contributed by atoms with Gasteiger partial charge in [-0.15, -0.1) is 0 Å². The molecular formula is C21H22BrN3O3S. The first-order chi connectivity index (χ1) is 13.8. The molecule has 0 bridgehead atoms. The monoisotopic (exact) mass is 475 g/mol. The van der Waals surface area contributed by atoms with Gasteiger partial charge in [0.1, 0.15) is 0 Å². The first-order valence-corrected chi connectivity index (χ1v) is 11.7. The molecule has 29 heavy (non-hydrogen) atoms. The van der Waals surface area contributed by atoms with Gasteiger partial charge >= 0.3 is 0 Å². The predicted molar refractivity (Wildman–Crippen MR) is 114 cm³/mol. The van der Waals surface area contributed by atoms with Crippen LogP contribution in [0.2, 0.25) is 0 Å². The summed E-state index contributed by atoms with van der Waals surface area (Å²) >= 11 is 3.44. The molecule has 1 fully saturated rings. The van der Waals surface area contributed by atoms with Gasteiger partial charge in [0, 0.05) is 23.1 Å². The molecule has 8 heteroatoms. The smallest absolute Gasteiger partial charge is 0.243 e. The zero-order chi connectivity index (χ0) is 20.6. The lowest BCUT2D eigenvalue weighted by molar-refractivity contribution is 0.265. The summed E-state index contributed by atoms with van der Waals surface area (Å²) in [6.45, 7) is 4.74. The number of aryl methyl sites for hydroxylation is 2. The van der Waals surface area contributed by atoms with Gasteiger partial charge in [-0.1, -0.05) is 39.3 Å². The van der Waals surface area contributed by atoms with Crippen LogP contribution in [0.15, 0.2) is 56.4 Å². The van der Waals surface area contributed by atoms with Crippen LogP contribution in [0, 0.1) is 13.8 Å². The van der Waals surface area contributed by atoms with E-state index in [2.05, 4.69) is 26.1 Å². The van der Waals surface area contributed by atoms with E-state index >= 15 is 0 Å². The fourth-order valence-corrected chi connectivity index (χ4v) is 5.54. The third-order valence-electron chi connectivity index (χ3n) is 5.37. The van der Waals surface area contributed by atoms with Crippen molar-refractivity contribution in [3.05, 3.63) is 64.0 Å². The van der Waals surface area contributed by atoms with Gasteiger partial charge in [0.05, 0.1) is 10.8 Å². The molecule has 1 unspecified atom stereocenters. The predicted octanol–water partition coefficient (Wildman–Crippen LogP) is 4.68. The van der Waals surface area contributed by atoms with Gasteiger partial charge < -0.3 is 4.52 Å². The second-order valence-corrected chi connectivity index (χ2v) is 10.3. The first-order valence-electron chi connectivity index (χ1n) is 9.51. The number of rotatable bonds is 4. The van der Waals surface area contributed by atoms with Gasteiger partial charge in [0.15, 0.2) is 0 Å². The van der Waals surface area contributed by atoms with Crippen molar-refractivity contribution in [3.63, 3.8) is 0 Å². The number of aromatic nitrogens is 2. The molecule has 1 aliphatic heterocycles. The number of piperidine rings is 1. The highest BCUT2D eigenvalue weighted by molar-refractivity contribution is 9.10. The second-order valence-electron chi connectivity index (χ2n) is 7.41. The van der Waals surface area contributed by atoms with Gasteiger partial charge in [-0.3, -0.25) is 0 Å². The Morgan fingerprint density at radius 1 is 1.14 bits per heavy atom. The zero-order valence-corrected chi connectivity index (χ0v) is 18.7. The highest BCUT2D eigenvalue weighted by Crippen LogP contribution is 2.31. The minimum Gasteiger partial charge on any atom is -0.339 e. The lowest BCUT2D eigenvalue weighted by Crippen LogP contribution is -2.39. The molecule has 3 aromatic rings. The highest BCUT2D eigenvalue weighted by atomic mass is 79.9. The van der Waals surface area contributed by atoms with Crippen molar-refractivity contribution in [3.8, 4) is 11.4 Å². The average molecular weight is 476 g/mol. The quantitative estimate of drug-likeness (QED) is 0.547. The Bertz CT molecular complexity index is 1140. The summed E-state index contributed by atoms with van der Waals surface area (Å²) in [5.41, 5.74) is 2.89. The van der Waals surface area contributed by atoms with Crippen LogP contribution in [0.25, 0.3) is 11.4 Å². The van der Waals surface area contributed by atoms with E-state index in [1.807, 2.05) is 44.2 Å². The fraction of sp³-hybridized carbons (Fsp3) is 0.333. The summed E-state index contributed by atoms with van der Waals surface area (Å²) in [4.78, 5) is 4.87. The number of benzene rings is 2. The van der Waals surface area contributed by atoms with E-state index in [1.165, 1.54) is 4.31 Å². The molecule has 0 spiro atoms. The van der Waals surface area contributed by atoms with E-state index in [-0.39, 0.29) is 5.92 Å². The van der Waals surface area contributed by atoms with Crippen molar-refractivity contribution in [1.82, 2.24) is 14.4 Å². The first kappa shape index (κ1) is 20.3. The Morgan fingerprint density at radius 3 is 2.72 bits per heavy atom. The van der Waals surface area contributed by atoms with E-state index in [0.29, 0.717) is 29.7 Å². The van der Waals surface area contributed by atoms with Crippen molar-refractivity contribution < 1.29 is 12.9 Å². The van der Waals surface area contributed by atoms with Gasteiger partial charge in [-0.25, -0.2) is 8.42 Å². The van der Waals surface area contributed by atoms with Crippen LogP contribution in [-0.4, -0.2) is 36.0 Å². The topological polar surface area (TPSA) is 76.3 Å². The Morgan fingerprint density at radius 2 is 1.97 bits per heavy atom. The molecule has 2 heterocycles. The van der Waals surface area contributed by atoms with Crippen molar-refractivity contribution >= 4 is 26.0 Å². The maximum absolute atomic E-state index is 13.1. The van der Waals surface area contributed by atoms with Crippen molar-refractivity contribution in [2.24, 2.45) is 0 Å². The number of hydrogen-bond donors (Lipinski definition) is 0. The van der Waals surface area contributed by atoms with Crippen LogP contribution >= 0.6 is 15.9 Å². The Balaban J connectivity index is 1.56.